The molecule has 2 aromatic rings. The second-order valence-electron chi connectivity index (χ2n) is 6.85. The number of rotatable bonds is 3. The van der Waals surface area contributed by atoms with E-state index in [9.17, 15) is 14.9 Å². The monoisotopic (exact) mass is 368 g/mol. The van der Waals surface area contributed by atoms with Gasteiger partial charge in [-0.2, -0.15) is 0 Å². The molecule has 2 aliphatic heterocycles. The molecule has 9 heteroatoms. The number of nitro groups is 1. The van der Waals surface area contributed by atoms with Crippen molar-refractivity contribution in [1.29, 1.82) is 0 Å². The zero-order chi connectivity index (χ0) is 19.0. The summed E-state index contributed by atoms with van der Waals surface area (Å²) in [4.78, 5) is 37.1. The van der Waals surface area contributed by atoms with Crippen LogP contribution in [0.25, 0.3) is 0 Å². The van der Waals surface area contributed by atoms with Crippen molar-refractivity contribution in [3.63, 3.8) is 0 Å². The number of likely N-dealkylation sites (N-methyl/N-ethyl adjacent to an activating group) is 1. The fourth-order valence-corrected chi connectivity index (χ4v) is 3.49. The Morgan fingerprint density at radius 3 is 2.44 bits per heavy atom. The Morgan fingerprint density at radius 1 is 1.00 bits per heavy atom. The highest BCUT2D eigenvalue weighted by Crippen LogP contribution is 2.27. The van der Waals surface area contributed by atoms with Crippen molar-refractivity contribution in [3.8, 4) is 0 Å². The van der Waals surface area contributed by atoms with E-state index in [4.69, 9.17) is 0 Å². The standard InChI is InChI=1S/C18H20N6O3/c1-21-6-7-23(11-18(21)25)17-9-16(19-12-20-17)22-5-4-13-2-3-15(24(26)27)8-14(13)10-22/h2-3,8-9,12H,4-7,10-11H2,1H3. The number of piperazine rings is 1. The number of hydrogen-bond acceptors (Lipinski definition) is 7. The molecule has 1 saturated heterocycles. The van der Waals surface area contributed by atoms with Gasteiger partial charge < -0.3 is 14.7 Å². The van der Waals surface area contributed by atoms with Crippen molar-refractivity contribution in [2.24, 2.45) is 0 Å². The number of carbonyl (C=O) groups excluding carboxylic acids is 1. The number of nitro benzene ring substituents is 1. The van der Waals surface area contributed by atoms with Crippen LogP contribution in [-0.4, -0.2) is 58.9 Å². The number of carbonyl (C=O) groups is 1. The van der Waals surface area contributed by atoms with Gasteiger partial charge in [0.15, 0.2) is 0 Å². The van der Waals surface area contributed by atoms with Crippen LogP contribution in [0.1, 0.15) is 11.1 Å². The summed E-state index contributed by atoms with van der Waals surface area (Å²) >= 11 is 0. The van der Waals surface area contributed by atoms with Gasteiger partial charge in [-0.05, 0) is 17.5 Å². The summed E-state index contributed by atoms with van der Waals surface area (Å²) in [7, 11) is 1.80. The molecule has 0 N–H and O–H groups in total. The number of benzene rings is 1. The van der Waals surface area contributed by atoms with E-state index in [0.717, 1.165) is 42.3 Å². The fourth-order valence-electron chi connectivity index (χ4n) is 3.49. The normalized spacial score (nSPS) is 17.1. The van der Waals surface area contributed by atoms with Crippen molar-refractivity contribution in [2.75, 3.05) is 43.0 Å². The van der Waals surface area contributed by atoms with Gasteiger partial charge in [0.25, 0.3) is 5.69 Å². The van der Waals surface area contributed by atoms with E-state index in [1.165, 1.54) is 6.33 Å². The molecule has 0 saturated carbocycles. The molecule has 4 rings (SSSR count). The average molecular weight is 368 g/mol. The number of nitrogens with zero attached hydrogens (tertiary/aromatic N) is 6. The van der Waals surface area contributed by atoms with Gasteiger partial charge in [0.2, 0.25) is 5.91 Å². The molecular weight excluding hydrogens is 348 g/mol. The molecule has 0 atom stereocenters. The van der Waals surface area contributed by atoms with Gasteiger partial charge in [-0.25, -0.2) is 9.97 Å². The molecule has 1 aromatic heterocycles. The molecule has 1 fully saturated rings. The molecule has 0 radical (unpaired) electrons. The van der Waals surface area contributed by atoms with E-state index in [1.54, 1.807) is 24.1 Å². The van der Waals surface area contributed by atoms with Gasteiger partial charge in [0.1, 0.15) is 18.0 Å². The van der Waals surface area contributed by atoms with Crippen LogP contribution in [0.2, 0.25) is 0 Å². The van der Waals surface area contributed by atoms with Gasteiger partial charge in [-0.1, -0.05) is 6.07 Å². The lowest BCUT2D eigenvalue weighted by Crippen LogP contribution is -2.48. The Labute approximate surface area is 156 Å². The molecule has 140 valence electrons. The van der Waals surface area contributed by atoms with E-state index >= 15 is 0 Å². The summed E-state index contributed by atoms with van der Waals surface area (Å²) in [6.45, 7) is 3.05. The van der Waals surface area contributed by atoms with E-state index in [1.807, 2.05) is 17.0 Å². The summed E-state index contributed by atoms with van der Waals surface area (Å²) < 4.78 is 0. The Balaban J connectivity index is 1.55. The van der Waals surface area contributed by atoms with Crippen molar-refractivity contribution in [3.05, 3.63) is 51.8 Å². The lowest BCUT2D eigenvalue weighted by molar-refractivity contribution is -0.384. The number of non-ortho nitro benzene ring substituents is 1. The second-order valence-corrected chi connectivity index (χ2v) is 6.85. The Morgan fingerprint density at radius 2 is 1.74 bits per heavy atom. The van der Waals surface area contributed by atoms with E-state index in [2.05, 4.69) is 14.9 Å². The molecular formula is C18H20N6O3. The average Bonchev–Trinajstić information content (AvgIpc) is 2.69. The van der Waals surface area contributed by atoms with Crippen LogP contribution in [-0.2, 0) is 17.8 Å². The molecule has 1 aromatic carbocycles. The number of amides is 1. The molecule has 0 bridgehead atoms. The lowest BCUT2D eigenvalue weighted by atomic mass is 9.99. The summed E-state index contributed by atoms with van der Waals surface area (Å²) in [5.74, 6) is 1.57. The molecule has 9 nitrogen and oxygen atoms in total. The van der Waals surface area contributed by atoms with Gasteiger partial charge in [-0.3, -0.25) is 14.9 Å². The van der Waals surface area contributed by atoms with E-state index in [-0.39, 0.29) is 16.5 Å². The van der Waals surface area contributed by atoms with Gasteiger partial charge in [-0.15, -0.1) is 0 Å². The molecule has 2 aliphatic rings. The highest BCUT2D eigenvalue weighted by molar-refractivity contribution is 5.82. The Bertz CT molecular complexity index is 902. The summed E-state index contributed by atoms with van der Waals surface area (Å²) in [6, 6.07) is 6.93. The van der Waals surface area contributed by atoms with Crippen LogP contribution in [0.3, 0.4) is 0 Å². The molecule has 1 amide bonds. The first-order chi connectivity index (χ1) is 13.0. The highest BCUT2D eigenvalue weighted by Gasteiger charge is 2.24. The lowest BCUT2D eigenvalue weighted by Gasteiger charge is -2.34. The van der Waals surface area contributed by atoms with Crippen molar-refractivity contribution < 1.29 is 9.72 Å². The van der Waals surface area contributed by atoms with E-state index < -0.39 is 0 Å². The molecule has 3 heterocycles. The zero-order valence-corrected chi connectivity index (χ0v) is 15.0. The first-order valence-corrected chi connectivity index (χ1v) is 8.83. The first-order valence-electron chi connectivity index (χ1n) is 8.83. The van der Waals surface area contributed by atoms with Crippen LogP contribution in [0, 0.1) is 10.1 Å². The third kappa shape index (κ3) is 3.40. The predicted octanol–water partition coefficient (Wildman–Crippen LogP) is 1.23. The van der Waals surface area contributed by atoms with Crippen LogP contribution < -0.4 is 9.80 Å². The van der Waals surface area contributed by atoms with Crippen molar-refractivity contribution in [2.45, 2.75) is 13.0 Å². The van der Waals surface area contributed by atoms with Gasteiger partial charge in [0, 0.05) is 51.4 Å². The molecule has 0 unspecified atom stereocenters. The number of fused-ring (bicyclic) bond motifs is 1. The maximum Gasteiger partial charge on any atom is 0.269 e. The van der Waals surface area contributed by atoms with Crippen LogP contribution >= 0.6 is 0 Å². The summed E-state index contributed by atoms with van der Waals surface area (Å²) in [5.41, 5.74) is 2.19. The Kier molecular flexibility index (Phi) is 4.35. The third-order valence-electron chi connectivity index (χ3n) is 5.16. The smallest absolute Gasteiger partial charge is 0.269 e. The Hall–Kier alpha value is -3.23. The maximum absolute atomic E-state index is 12.0. The summed E-state index contributed by atoms with van der Waals surface area (Å²) in [5, 5.41) is 11.0. The van der Waals surface area contributed by atoms with Gasteiger partial charge in [0.05, 0.1) is 11.5 Å². The first kappa shape index (κ1) is 17.2. The minimum Gasteiger partial charge on any atom is -0.352 e. The predicted molar refractivity (Wildman–Crippen MR) is 99.7 cm³/mol. The quantitative estimate of drug-likeness (QED) is 0.594. The minimum atomic E-state index is -0.369. The van der Waals surface area contributed by atoms with E-state index in [0.29, 0.717) is 19.6 Å². The molecule has 27 heavy (non-hydrogen) atoms. The van der Waals surface area contributed by atoms with Crippen LogP contribution in [0.4, 0.5) is 17.3 Å². The second kappa shape index (κ2) is 6.82. The zero-order valence-electron chi connectivity index (χ0n) is 15.0. The van der Waals surface area contributed by atoms with Crippen LogP contribution in [0.5, 0.6) is 0 Å². The fraction of sp³-hybridized carbons (Fsp3) is 0.389. The minimum absolute atomic E-state index is 0.0700. The summed E-state index contributed by atoms with van der Waals surface area (Å²) in [6.07, 6.45) is 2.32. The molecule has 0 spiro atoms. The molecule has 0 aliphatic carbocycles. The highest BCUT2D eigenvalue weighted by atomic mass is 16.6. The van der Waals surface area contributed by atoms with Crippen molar-refractivity contribution in [1.82, 2.24) is 14.9 Å². The largest absolute Gasteiger partial charge is 0.352 e. The number of aromatic nitrogens is 2. The maximum atomic E-state index is 12.0. The number of anilines is 2. The SMILES string of the molecule is CN1CCN(c2cc(N3CCc4ccc([N+](=O)[O-])cc4C3)ncn2)CC1=O. The topological polar surface area (TPSA) is 95.7 Å². The van der Waals surface area contributed by atoms with Gasteiger partial charge >= 0.3 is 0 Å². The van der Waals surface area contributed by atoms with Crippen LogP contribution in [0.15, 0.2) is 30.6 Å². The van der Waals surface area contributed by atoms with Crippen molar-refractivity contribution >= 4 is 23.2 Å². The number of hydrogen-bond donors (Lipinski definition) is 0. The third-order valence-corrected chi connectivity index (χ3v) is 5.16.